The van der Waals surface area contributed by atoms with Gasteiger partial charge in [-0.25, -0.2) is 4.98 Å². The fourth-order valence-electron chi connectivity index (χ4n) is 6.52. The van der Waals surface area contributed by atoms with E-state index >= 15 is 0 Å². The van der Waals surface area contributed by atoms with Crippen LogP contribution in [0.1, 0.15) is 59.5 Å². The van der Waals surface area contributed by atoms with Gasteiger partial charge < -0.3 is 14.6 Å². The average Bonchev–Trinajstić information content (AvgIpc) is 3.60. The number of benzene rings is 3. The van der Waals surface area contributed by atoms with E-state index in [1.807, 2.05) is 24.3 Å². The number of rotatable bonds is 8. The molecule has 6 rings (SSSR count). The highest BCUT2D eigenvalue weighted by atomic mass is 16.5. The van der Waals surface area contributed by atoms with Crippen LogP contribution < -0.4 is 10.1 Å². The molecule has 1 atom stereocenters. The van der Waals surface area contributed by atoms with E-state index in [1.165, 1.54) is 40.3 Å². The zero-order valence-corrected chi connectivity index (χ0v) is 23.6. The first kappa shape index (κ1) is 26.1. The summed E-state index contributed by atoms with van der Waals surface area (Å²) in [5, 5.41) is 5.70. The summed E-state index contributed by atoms with van der Waals surface area (Å²) in [5.41, 5.74) is 7.90. The lowest BCUT2D eigenvalue weighted by Crippen LogP contribution is -2.32. The van der Waals surface area contributed by atoms with Crippen molar-refractivity contribution >= 4 is 27.8 Å². The van der Waals surface area contributed by atoms with E-state index in [9.17, 15) is 4.79 Å². The predicted octanol–water partition coefficient (Wildman–Crippen LogP) is 7.45. The Morgan fingerprint density at radius 2 is 1.68 bits per heavy atom. The maximum Gasteiger partial charge on any atom is 0.228 e. The molecule has 1 amide bonds. The molecule has 1 N–H and O–H groups in total. The van der Waals surface area contributed by atoms with Gasteiger partial charge in [-0.05, 0) is 79.1 Å². The van der Waals surface area contributed by atoms with Gasteiger partial charge in [-0.15, -0.1) is 0 Å². The highest BCUT2D eigenvalue weighted by Gasteiger charge is 2.32. The third-order valence-electron chi connectivity index (χ3n) is 8.50. The first-order chi connectivity index (χ1) is 19.5. The van der Waals surface area contributed by atoms with Gasteiger partial charge in [0.05, 0.1) is 18.5 Å². The number of hydrogen-bond acceptors (Lipinski definition) is 3. The summed E-state index contributed by atoms with van der Waals surface area (Å²) in [4.78, 5) is 18.5. The minimum Gasteiger partial charge on any atom is -0.497 e. The van der Waals surface area contributed by atoms with Crippen LogP contribution in [-0.2, 0) is 17.9 Å². The first-order valence-corrected chi connectivity index (χ1v) is 14.4. The van der Waals surface area contributed by atoms with E-state index in [1.54, 1.807) is 7.11 Å². The number of nitrogens with zero attached hydrogens (tertiary/aromatic N) is 2. The Labute approximate surface area is 236 Å². The molecular weight excluding hydrogens is 494 g/mol. The molecule has 1 aliphatic rings. The molecule has 0 spiro atoms. The van der Waals surface area contributed by atoms with E-state index in [4.69, 9.17) is 9.72 Å². The summed E-state index contributed by atoms with van der Waals surface area (Å²) in [6.07, 6.45) is 4.61. The van der Waals surface area contributed by atoms with Gasteiger partial charge in [0.25, 0.3) is 0 Å². The number of carbonyl (C=O) groups is 1. The molecule has 0 radical (unpaired) electrons. The lowest BCUT2D eigenvalue weighted by atomic mass is 9.83. The van der Waals surface area contributed by atoms with Crippen molar-refractivity contribution in [3.63, 3.8) is 0 Å². The van der Waals surface area contributed by atoms with E-state index in [0.717, 1.165) is 47.6 Å². The van der Waals surface area contributed by atoms with Crippen molar-refractivity contribution in [3.05, 3.63) is 107 Å². The second-order valence-electron chi connectivity index (χ2n) is 11.2. The number of methoxy groups -OCH3 is 1. The lowest BCUT2D eigenvalue weighted by molar-refractivity contribution is -0.123. The molecule has 0 bridgehead atoms. The number of ether oxygens (including phenoxy) is 1. The second kappa shape index (κ2) is 11.2. The molecule has 1 aliphatic carbocycles. The van der Waals surface area contributed by atoms with Crippen LogP contribution in [0.5, 0.6) is 5.75 Å². The molecule has 1 saturated carbocycles. The van der Waals surface area contributed by atoms with E-state index in [2.05, 4.69) is 78.3 Å². The molecule has 0 saturated heterocycles. The Hall–Kier alpha value is -4.12. The second-order valence-corrected chi connectivity index (χ2v) is 11.2. The molecule has 2 heterocycles. The molecule has 5 heteroatoms. The van der Waals surface area contributed by atoms with Crippen molar-refractivity contribution in [2.75, 3.05) is 7.11 Å². The summed E-state index contributed by atoms with van der Waals surface area (Å²) in [5.74, 6) is 1.19. The molecule has 1 unspecified atom stereocenters. The summed E-state index contributed by atoms with van der Waals surface area (Å²) in [6.45, 7) is 5.49. The SMILES string of the molecule is COc1ccc(CNC(=O)C(c2ccc(Cn3c4ccccc4c4c(C)cc(C)nc43)cc2)C2CCCC2)cc1. The van der Waals surface area contributed by atoms with Crippen LogP contribution in [0.4, 0.5) is 0 Å². The number of fused-ring (bicyclic) bond motifs is 3. The zero-order chi connectivity index (χ0) is 27.6. The smallest absolute Gasteiger partial charge is 0.228 e. The number of aromatic nitrogens is 2. The molecule has 0 aliphatic heterocycles. The van der Waals surface area contributed by atoms with Crippen molar-refractivity contribution < 1.29 is 9.53 Å². The predicted molar refractivity (Wildman–Crippen MR) is 162 cm³/mol. The van der Waals surface area contributed by atoms with E-state index < -0.39 is 0 Å². The molecule has 2 aromatic heterocycles. The first-order valence-electron chi connectivity index (χ1n) is 14.4. The Morgan fingerprint density at radius 1 is 0.975 bits per heavy atom. The van der Waals surface area contributed by atoms with Crippen LogP contribution in [0.2, 0.25) is 0 Å². The van der Waals surface area contributed by atoms with E-state index in [-0.39, 0.29) is 11.8 Å². The maximum atomic E-state index is 13.6. The quantitative estimate of drug-likeness (QED) is 0.226. The molecule has 3 aromatic carbocycles. The number of pyridine rings is 1. The third-order valence-corrected chi connectivity index (χ3v) is 8.50. The number of carbonyl (C=O) groups excluding carboxylic acids is 1. The highest BCUT2D eigenvalue weighted by Crippen LogP contribution is 2.38. The summed E-state index contributed by atoms with van der Waals surface area (Å²) in [6, 6.07) is 27.3. The lowest BCUT2D eigenvalue weighted by Gasteiger charge is -2.23. The summed E-state index contributed by atoms with van der Waals surface area (Å²) in [7, 11) is 1.66. The number of amides is 1. The number of para-hydroxylation sites is 1. The van der Waals surface area contributed by atoms with Gasteiger partial charge in [-0.2, -0.15) is 0 Å². The summed E-state index contributed by atoms with van der Waals surface area (Å²) >= 11 is 0. The summed E-state index contributed by atoms with van der Waals surface area (Å²) < 4.78 is 7.59. The molecule has 5 aromatic rings. The van der Waals surface area contributed by atoms with Gasteiger partial charge in [0, 0.05) is 29.6 Å². The molecular formula is C35H37N3O2. The standard InChI is InChI=1S/C35H37N3O2/c1-23-20-24(2)37-34-32(23)30-10-6-7-11-31(30)38(34)22-26-12-16-28(17-13-26)33(27-8-4-5-9-27)35(39)36-21-25-14-18-29(40-3)19-15-25/h6-7,10-20,27,33H,4-5,8-9,21-22H2,1-3H3,(H,36,39). The van der Waals surface area contributed by atoms with Crippen LogP contribution >= 0.6 is 0 Å². The Balaban J connectivity index is 1.26. The number of hydrogen-bond donors (Lipinski definition) is 1. The normalized spacial score (nSPS) is 14.6. The van der Waals surface area contributed by atoms with Gasteiger partial charge in [-0.3, -0.25) is 4.79 Å². The van der Waals surface area contributed by atoms with Gasteiger partial charge in [0.15, 0.2) is 0 Å². The molecule has 204 valence electrons. The minimum atomic E-state index is -0.130. The van der Waals surface area contributed by atoms with Gasteiger partial charge in [0.2, 0.25) is 5.91 Å². The van der Waals surface area contributed by atoms with Crippen LogP contribution in [-0.4, -0.2) is 22.6 Å². The zero-order valence-electron chi connectivity index (χ0n) is 23.6. The van der Waals surface area contributed by atoms with Crippen LogP contribution in [0, 0.1) is 19.8 Å². The van der Waals surface area contributed by atoms with Crippen LogP contribution in [0.15, 0.2) is 78.9 Å². The highest BCUT2D eigenvalue weighted by molar-refractivity contribution is 6.08. The van der Waals surface area contributed by atoms with Gasteiger partial charge >= 0.3 is 0 Å². The van der Waals surface area contributed by atoms with Crippen molar-refractivity contribution in [3.8, 4) is 5.75 Å². The van der Waals surface area contributed by atoms with Gasteiger partial charge in [0.1, 0.15) is 11.4 Å². The monoisotopic (exact) mass is 531 g/mol. The van der Waals surface area contributed by atoms with Crippen molar-refractivity contribution in [1.82, 2.24) is 14.9 Å². The Kier molecular flexibility index (Phi) is 7.29. The van der Waals surface area contributed by atoms with Crippen molar-refractivity contribution in [2.45, 2.75) is 58.5 Å². The topological polar surface area (TPSA) is 56.1 Å². The van der Waals surface area contributed by atoms with Crippen LogP contribution in [0.3, 0.4) is 0 Å². The van der Waals surface area contributed by atoms with Crippen molar-refractivity contribution in [2.24, 2.45) is 5.92 Å². The van der Waals surface area contributed by atoms with Crippen molar-refractivity contribution in [1.29, 1.82) is 0 Å². The Morgan fingerprint density at radius 3 is 2.40 bits per heavy atom. The largest absolute Gasteiger partial charge is 0.497 e. The average molecular weight is 532 g/mol. The minimum absolute atomic E-state index is 0.119. The molecule has 5 nitrogen and oxygen atoms in total. The number of nitrogens with one attached hydrogen (secondary N) is 1. The fourth-order valence-corrected chi connectivity index (χ4v) is 6.52. The number of aryl methyl sites for hydroxylation is 2. The molecule has 1 fully saturated rings. The van der Waals surface area contributed by atoms with Gasteiger partial charge in [-0.1, -0.05) is 67.4 Å². The third kappa shape index (κ3) is 5.08. The maximum absolute atomic E-state index is 13.6. The Bertz CT molecular complexity index is 1650. The fraction of sp³-hybridized carbons (Fsp3) is 0.314. The van der Waals surface area contributed by atoms with Crippen LogP contribution in [0.25, 0.3) is 21.9 Å². The van der Waals surface area contributed by atoms with E-state index in [0.29, 0.717) is 12.5 Å². The molecule has 40 heavy (non-hydrogen) atoms.